The smallest absolute Gasteiger partial charge is 0.261 e. The fourth-order valence-electron chi connectivity index (χ4n) is 2.29. The Kier molecular flexibility index (Phi) is 5.57. The van der Waals surface area contributed by atoms with Gasteiger partial charge in [-0.2, -0.15) is 0 Å². The number of rotatable bonds is 7. The quantitative estimate of drug-likeness (QED) is 0.788. The zero-order chi connectivity index (χ0) is 14.5. The zero-order valence-corrected chi connectivity index (χ0v) is 11.8. The molecule has 20 heavy (non-hydrogen) atoms. The molecule has 0 bridgehead atoms. The summed E-state index contributed by atoms with van der Waals surface area (Å²) in [6, 6.07) is 3.59. The van der Waals surface area contributed by atoms with Crippen molar-refractivity contribution in [2.24, 2.45) is 5.73 Å². The van der Waals surface area contributed by atoms with Gasteiger partial charge < -0.3 is 15.2 Å². The van der Waals surface area contributed by atoms with Crippen LogP contribution < -0.4 is 10.5 Å². The average Bonchev–Trinajstić information content (AvgIpc) is 2.82. The fourth-order valence-corrected chi connectivity index (χ4v) is 2.55. The lowest BCUT2D eigenvalue weighted by atomic mass is 10.0. The van der Waals surface area contributed by atoms with Crippen LogP contribution in [0.2, 0.25) is 5.02 Å². The first kappa shape index (κ1) is 15.5. The highest BCUT2D eigenvalue weighted by atomic mass is 35.5. The lowest BCUT2D eigenvalue weighted by Gasteiger charge is -2.14. The minimum atomic E-state index is -2.43. The van der Waals surface area contributed by atoms with Crippen LogP contribution in [-0.2, 0) is 17.6 Å². The summed E-state index contributed by atoms with van der Waals surface area (Å²) in [6.07, 6.45) is -0.458. The summed E-state index contributed by atoms with van der Waals surface area (Å²) in [5, 5.41) is 0.672. The standard InChI is InChI=1S/C14H18ClF2NO2/c15-11-5-9-1-4-20-14(9)10(6-11)7-12(18)2-3-19-8-13(16)17/h5-6,12-13H,1-4,7-8,18H2. The maximum Gasteiger partial charge on any atom is 0.261 e. The van der Waals surface area contributed by atoms with Gasteiger partial charge in [0.25, 0.3) is 6.43 Å². The summed E-state index contributed by atoms with van der Waals surface area (Å²) in [6.45, 7) is 0.354. The van der Waals surface area contributed by atoms with Crippen molar-refractivity contribution >= 4 is 11.6 Å². The lowest BCUT2D eigenvalue weighted by molar-refractivity contribution is 0.0153. The first-order chi connectivity index (χ1) is 9.56. The maximum absolute atomic E-state index is 11.9. The number of alkyl halides is 2. The fraction of sp³-hybridized carbons (Fsp3) is 0.571. The molecular weight excluding hydrogens is 288 g/mol. The number of fused-ring (bicyclic) bond motifs is 1. The van der Waals surface area contributed by atoms with Crippen molar-refractivity contribution in [1.82, 2.24) is 0 Å². The summed E-state index contributed by atoms with van der Waals surface area (Å²) in [5.74, 6) is 0.873. The second-order valence-electron chi connectivity index (χ2n) is 4.87. The SMILES string of the molecule is NC(CCOCC(F)F)Cc1cc(Cl)cc2c1OCC2. The van der Waals surface area contributed by atoms with Crippen LogP contribution >= 0.6 is 11.6 Å². The van der Waals surface area contributed by atoms with E-state index in [4.69, 9.17) is 26.8 Å². The Balaban J connectivity index is 1.87. The van der Waals surface area contributed by atoms with E-state index in [1.54, 1.807) is 0 Å². The third-order valence-corrected chi connectivity index (χ3v) is 3.40. The van der Waals surface area contributed by atoms with Crippen LogP contribution in [0.5, 0.6) is 5.75 Å². The first-order valence-electron chi connectivity index (χ1n) is 6.62. The van der Waals surface area contributed by atoms with E-state index >= 15 is 0 Å². The Morgan fingerprint density at radius 2 is 2.20 bits per heavy atom. The van der Waals surface area contributed by atoms with Crippen molar-refractivity contribution in [2.75, 3.05) is 19.8 Å². The summed E-state index contributed by atoms with van der Waals surface area (Å²) in [5.41, 5.74) is 8.08. The molecule has 1 aliphatic heterocycles. The van der Waals surface area contributed by atoms with Gasteiger partial charge in [0, 0.05) is 24.1 Å². The monoisotopic (exact) mass is 305 g/mol. The Labute approximate surface area is 122 Å². The third kappa shape index (κ3) is 4.30. The van der Waals surface area contributed by atoms with Gasteiger partial charge in [0.2, 0.25) is 0 Å². The number of nitrogens with two attached hydrogens (primary N) is 1. The van der Waals surface area contributed by atoms with E-state index in [1.165, 1.54) is 0 Å². The van der Waals surface area contributed by atoms with Crippen molar-refractivity contribution < 1.29 is 18.3 Å². The van der Waals surface area contributed by atoms with Crippen LogP contribution in [0.1, 0.15) is 17.5 Å². The first-order valence-corrected chi connectivity index (χ1v) is 6.99. The van der Waals surface area contributed by atoms with Crippen molar-refractivity contribution in [1.29, 1.82) is 0 Å². The van der Waals surface area contributed by atoms with E-state index in [1.807, 2.05) is 12.1 Å². The molecule has 1 atom stereocenters. The molecule has 0 aromatic heterocycles. The van der Waals surface area contributed by atoms with Crippen LogP contribution in [0.3, 0.4) is 0 Å². The molecule has 2 rings (SSSR count). The Bertz CT molecular complexity index is 457. The summed E-state index contributed by atoms with van der Waals surface area (Å²) < 4.78 is 34.3. The van der Waals surface area contributed by atoms with Gasteiger partial charge in [0.05, 0.1) is 6.61 Å². The maximum atomic E-state index is 11.9. The predicted octanol–water partition coefficient (Wildman–Crippen LogP) is 2.82. The van der Waals surface area contributed by atoms with Crippen LogP contribution in [-0.4, -0.2) is 32.3 Å². The number of halogens is 3. The highest BCUT2D eigenvalue weighted by Crippen LogP contribution is 2.33. The second kappa shape index (κ2) is 7.20. The zero-order valence-electron chi connectivity index (χ0n) is 11.1. The minimum Gasteiger partial charge on any atom is -0.493 e. The molecule has 1 aliphatic rings. The molecule has 1 heterocycles. The molecule has 3 nitrogen and oxygen atoms in total. The van der Waals surface area contributed by atoms with E-state index in [0.717, 1.165) is 23.3 Å². The average molecular weight is 306 g/mol. The van der Waals surface area contributed by atoms with E-state index in [9.17, 15) is 8.78 Å². The molecule has 0 aliphatic carbocycles. The number of benzene rings is 1. The summed E-state index contributed by atoms with van der Waals surface area (Å²) in [7, 11) is 0. The molecule has 0 spiro atoms. The molecule has 6 heteroatoms. The molecule has 1 aromatic carbocycles. The van der Waals surface area contributed by atoms with Gasteiger partial charge in [-0.1, -0.05) is 11.6 Å². The van der Waals surface area contributed by atoms with E-state index in [0.29, 0.717) is 24.5 Å². The van der Waals surface area contributed by atoms with Crippen molar-refractivity contribution in [2.45, 2.75) is 31.7 Å². The predicted molar refractivity (Wildman–Crippen MR) is 73.8 cm³/mol. The molecule has 0 amide bonds. The lowest BCUT2D eigenvalue weighted by Crippen LogP contribution is -2.25. The summed E-state index contributed by atoms with van der Waals surface area (Å²) in [4.78, 5) is 0. The van der Waals surface area contributed by atoms with Gasteiger partial charge >= 0.3 is 0 Å². The molecule has 0 saturated heterocycles. The van der Waals surface area contributed by atoms with Gasteiger partial charge in [-0.3, -0.25) is 0 Å². The Morgan fingerprint density at radius 1 is 1.40 bits per heavy atom. The van der Waals surface area contributed by atoms with Crippen molar-refractivity contribution in [3.8, 4) is 5.75 Å². The van der Waals surface area contributed by atoms with E-state index in [2.05, 4.69) is 0 Å². The highest BCUT2D eigenvalue weighted by molar-refractivity contribution is 6.30. The molecule has 0 saturated carbocycles. The number of hydrogen-bond donors (Lipinski definition) is 1. The summed E-state index contributed by atoms with van der Waals surface area (Å²) >= 11 is 6.07. The van der Waals surface area contributed by atoms with Gasteiger partial charge in [0.15, 0.2) is 0 Å². The van der Waals surface area contributed by atoms with Gasteiger partial charge in [-0.25, -0.2) is 8.78 Å². The molecule has 0 fully saturated rings. The van der Waals surface area contributed by atoms with Crippen LogP contribution in [0.4, 0.5) is 8.78 Å². The topological polar surface area (TPSA) is 44.5 Å². The van der Waals surface area contributed by atoms with Crippen LogP contribution in [0, 0.1) is 0 Å². The van der Waals surface area contributed by atoms with Gasteiger partial charge in [0.1, 0.15) is 12.4 Å². The second-order valence-corrected chi connectivity index (χ2v) is 5.31. The third-order valence-electron chi connectivity index (χ3n) is 3.18. The van der Waals surface area contributed by atoms with Gasteiger partial charge in [-0.05, 0) is 36.1 Å². The molecule has 1 unspecified atom stereocenters. The van der Waals surface area contributed by atoms with Crippen LogP contribution in [0.25, 0.3) is 0 Å². The molecule has 2 N–H and O–H groups in total. The molecule has 1 aromatic rings. The van der Waals surface area contributed by atoms with E-state index in [-0.39, 0.29) is 12.6 Å². The Hall–Kier alpha value is -0.910. The molecule has 0 radical (unpaired) electrons. The normalized spacial score (nSPS) is 15.2. The number of hydrogen-bond acceptors (Lipinski definition) is 3. The van der Waals surface area contributed by atoms with E-state index < -0.39 is 13.0 Å². The minimum absolute atomic E-state index is 0.167. The number of ether oxygens (including phenoxy) is 2. The largest absolute Gasteiger partial charge is 0.493 e. The molecular formula is C14H18ClF2NO2. The van der Waals surface area contributed by atoms with Gasteiger partial charge in [-0.15, -0.1) is 0 Å². The highest BCUT2D eigenvalue weighted by Gasteiger charge is 2.19. The Morgan fingerprint density at radius 3 is 2.95 bits per heavy atom. The van der Waals surface area contributed by atoms with Crippen molar-refractivity contribution in [3.63, 3.8) is 0 Å². The molecule has 112 valence electrons. The van der Waals surface area contributed by atoms with Crippen molar-refractivity contribution in [3.05, 3.63) is 28.3 Å². The van der Waals surface area contributed by atoms with Crippen LogP contribution in [0.15, 0.2) is 12.1 Å².